The van der Waals surface area contributed by atoms with Crippen LogP contribution in [0.5, 0.6) is 0 Å². The van der Waals surface area contributed by atoms with Crippen molar-refractivity contribution < 1.29 is 4.79 Å². The molecule has 5 rings (SSSR count). The second-order valence-electron chi connectivity index (χ2n) is 7.54. The van der Waals surface area contributed by atoms with Gasteiger partial charge >= 0.3 is 0 Å². The maximum Gasteiger partial charge on any atom is 0.230 e. The van der Waals surface area contributed by atoms with Crippen molar-refractivity contribution >= 4 is 23.2 Å². The molecule has 2 unspecified atom stereocenters. The molecule has 2 atom stereocenters. The lowest BCUT2D eigenvalue weighted by atomic mass is 9.49. The van der Waals surface area contributed by atoms with E-state index in [0.717, 1.165) is 32.1 Å². The average Bonchev–Trinajstić information content (AvgIpc) is 2.45. The van der Waals surface area contributed by atoms with E-state index >= 15 is 0 Å². The zero-order chi connectivity index (χ0) is 15.4. The summed E-state index contributed by atoms with van der Waals surface area (Å²) in [5.41, 5.74) is 0.981. The SMILES string of the molecule is N#Cc1cccc(NC(=O)C23CC4CC(CC(Cl)(C4)C2)C3)c1. The number of nitriles is 1. The smallest absolute Gasteiger partial charge is 0.230 e. The van der Waals surface area contributed by atoms with E-state index in [9.17, 15) is 4.79 Å². The second-order valence-corrected chi connectivity index (χ2v) is 8.34. The number of nitrogens with zero attached hydrogens (tertiary/aromatic N) is 1. The first-order chi connectivity index (χ1) is 10.5. The Balaban J connectivity index is 1.59. The van der Waals surface area contributed by atoms with E-state index in [-0.39, 0.29) is 16.2 Å². The lowest BCUT2D eigenvalue weighted by Gasteiger charge is -2.59. The zero-order valence-corrected chi connectivity index (χ0v) is 13.2. The van der Waals surface area contributed by atoms with Crippen molar-refractivity contribution in [2.24, 2.45) is 17.3 Å². The van der Waals surface area contributed by atoms with Crippen molar-refractivity contribution in [3.05, 3.63) is 29.8 Å². The topological polar surface area (TPSA) is 52.9 Å². The highest BCUT2D eigenvalue weighted by Crippen LogP contribution is 2.64. The van der Waals surface area contributed by atoms with Gasteiger partial charge in [0, 0.05) is 10.6 Å². The fourth-order valence-corrected chi connectivity index (χ4v) is 6.04. The summed E-state index contributed by atoms with van der Waals surface area (Å²) in [4.78, 5) is 12.8. The fourth-order valence-electron chi connectivity index (χ4n) is 5.35. The van der Waals surface area contributed by atoms with Crippen molar-refractivity contribution in [3.63, 3.8) is 0 Å². The zero-order valence-electron chi connectivity index (χ0n) is 12.4. The van der Waals surface area contributed by atoms with Gasteiger partial charge in [0.25, 0.3) is 0 Å². The minimum Gasteiger partial charge on any atom is -0.326 e. The lowest BCUT2D eigenvalue weighted by molar-refractivity contribution is -0.138. The van der Waals surface area contributed by atoms with E-state index < -0.39 is 0 Å². The number of carbonyl (C=O) groups excluding carboxylic acids is 1. The molecule has 1 N–H and O–H groups in total. The largest absolute Gasteiger partial charge is 0.326 e. The molecule has 4 bridgehead atoms. The Morgan fingerprint density at radius 1 is 1.27 bits per heavy atom. The number of anilines is 1. The number of halogens is 1. The number of benzene rings is 1. The van der Waals surface area contributed by atoms with Crippen LogP contribution in [0.15, 0.2) is 24.3 Å². The summed E-state index contributed by atoms with van der Waals surface area (Å²) in [6, 6.07) is 9.23. The molecule has 0 heterocycles. The molecule has 4 aliphatic rings. The second kappa shape index (κ2) is 4.73. The summed E-state index contributed by atoms with van der Waals surface area (Å²) in [5, 5.41) is 12.0. The minimum absolute atomic E-state index is 0.0988. The van der Waals surface area contributed by atoms with Gasteiger partial charge in [-0.05, 0) is 68.6 Å². The Bertz CT molecular complexity index is 664. The molecule has 4 heteroatoms. The Morgan fingerprint density at radius 2 is 2.00 bits per heavy atom. The van der Waals surface area contributed by atoms with Crippen molar-refractivity contribution in [2.75, 3.05) is 5.32 Å². The van der Waals surface area contributed by atoms with Crippen LogP contribution in [-0.4, -0.2) is 10.8 Å². The summed E-state index contributed by atoms with van der Waals surface area (Å²) >= 11 is 6.79. The fraction of sp³-hybridized carbons (Fsp3) is 0.556. The van der Waals surface area contributed by atoms with Crippen LogP contribution in [0, 0.1) is 28.6 Å². The maximum atomic E-state index is 13.0. The quantitative estimate of drug-likeness (QED) is 0.836. The molecule has 0 aromatic heterocycles. The molecular weight excluding hydrogens is 296 g/mol. The van der Waals surface area contributed by atoms with Gasteiger partial charge in [0.2, 0.25) is 5.91 Å². The first kappa shape index (κ1) is 14.1. The number of hydrogen-bond donors (Lipinski definition) is 1. The van der Waals surface area contributed by atoms with Crippen molar-refractivity contribution in [1.82, 2.24) is 0 Å². The van der Waals surface area contributed by atoms with Crippen molar-refractivity contribution in [1.29, 1.82) is 5.26 Å². The van der Waals surface area contributed by atoms with Crippen LogP contribution in [0.4, 0.5) is 5.69 Å². The van der Waals surface area contributed by atoms with Crippen LogP contribution >= 0.6 is 11.6 Å². The molecule has 22 heavy (non-hydrogen) atoms. The van der Waals surface area contributed by atoms with E-state index in [2.05, 4.69) is 11.4 Å². The predicted octanol–water partition coefficient (Wildman–Crippen LogP) is 4.07. The van der Waals surface area contributed by atoms with Gasteiger partial charge in [0.1, 0.15) is 0 Å². The minimum atomic E-state index is -0.297. The summed E-state index contributed by atoms with van der Waals surface area (Å²) in [7, 11) is 0. The third-order valence-electron chi connectivity index (χ3n) is 5.72. The average molecular weight is 315 g/mol. The molecule has 3 nitrogen and oxygen atoms in total. The number of amides is 1. The number of hydrogen-bond acceptors (Lipinski definition) is 2. The maximum absolute atomic E-state index is 13.0. The molecule has 0 spiro atoms. The van der Waals surface area contributed by atoms with Crippen molar-refractivity contribution in [2.45, 2.75) is 43.4 Å². The van der Waals surface area contributed by atoms with Gasteiger partial charge < -0.3 is 5.32 Å². The van der Waals surface area contributed by atoms with Gasteiger partial charge in [-0.3, -0.25) is 4.79 Å². The Morgan fingerprint density at radius 3 is 2.64 bits per heavy atom. The van der Waals surface area contributed by atoms with E-state index in [4.69, 9.17) is 16.9 Å². The number of carbonyl (C=O) groups is 1. The summed E-state index contributed by atoms with van der Waals surface area (Å²) in [6.45, 7) is 0. The molecule has 114 valence electrons. The Labute approximate surface area is 135 Å². The molecule has 4 saturated carbocycles. The number of nitrogens with one attached hydrogen (secondary N) is 1. The molecule has 4 aliphatic carbocycles. The molecule has 1 aromatic rings. The van der Waals surface area contributed by atoms with E-state index in [1.165, 1.54) is 6.42 Å². The van der Waals surface area contributed by atoms with Crippen LogP contribution in [0.1, 0.15) is 44.1 Å². The first-order valence-corrected chi connectivity index (χ1v) is 8.39. The number of rotatable bonds is 2. The van der Waals surface area contributed by atoms with E-state index in [0.29, 0.717) is 23.1 Å². The van der Waals surface area contributed by atoms with Crippen LogP contribution in [0.25, 0.3) is 0 Å². The van der Waals surface area contributed by atoms with E-state index in [1.54, 1.807) is 18.2 Å². The molecular formula is C18H19ClN2O. The van der Waals surface area contributed by atoms with Crippen LogP contribution < -0.4 is 5.32 Å². The summed E-state index contributed by atoms with van der Waals surface area (Å²) in [5.74, 6) is 1.31. The monoisotopic (exact) mass is 314 g/mol. The van der Waals surface area contributed by atoms with Gasteiger partial charge in [-0.2, -0.15) is 5.26 Å². The van der Waals surface area contributed by atoms with Gasteiger partial charge in [-0.1, -0.05) is 6.07 Å². The standard InChI is InChI=1S/C18H19ClN2O/c19-18-8-13-4-14(9-18)7-17(6-13,11-18)16(22)21-15-3-1-2-12(5-15)10-20/h1-3,5,13-14H,4,6-9,11H2,(H,21,22). The number of alkyl halides is 1. The lowest BCUT2D eigenvalue weighted by Crippen LogP contribution is -2.57. The molecule has 4 fully saturated rings. The molecule has 1 aromatic carbocycles. The van der Waals surface area contributed by atoms with Gasteiger partial charge in [-0.25, -0.2) is 0 Å². The van der Waals surface area contributed by atoms with Crippen LogP contribution in [0.3, 0.4) is 0 Å². The Hall–Kier alpha value is -1.53. The highest BCUT2D eigenvalue weighted by Gasteiger charge is 2.60. The molecule has 0 saturated heterocycles. The third kappa shape index (κ3) is 2.21. The van der Waals surface area contributed by atoms with Crippen LogP contribution in [-0.2, 0) is 4.79 Å². The van der Waals surface area contributed by atoms with Gasteiger partial charge in [0.15, 0.2) is 0 Å². The van der Waals surface area contributed by atoms with Gasteiger partial charge in [-0.15, -0.1) is 11.6 Å². The Kier molecular flexibility index (Phi) is 3.03. The summed E-state index contributed by atoms with van der Waals surface area (Å²) < 4.78 is 0. The van der Waals surface area contributed by atoms with Crippen molar-refractivity contribution in [3.8, 4) is 6.07 Å². The highest BCUT2D eigenvalue weighted by atomic mass is 35.5. The molecule has 0 aliphatic heterocycles. The normalized spacial score (nSPS) is 38.5. The van der Waals surface area contributed by atoms with Gasteiger partial charge in [0.05, 0.1) is 17.0 Å². The first-order valence-electron chi connectivity index (χ1n) is 8.01. The summed E-state index contributed by atoms with van der Waals surface area (Å²) in [6.07, 6.45) is 6.14. The van der Waals surface area contributed by atoms with E-state index in [1.807, 2.05) is 6.07 Å². The molecule has 1 amide bonds. The van der Waals surface area contributed by atoms with Crippen LogP contribution in [0.2, 0.25) is 0 Å². The highest BCUT2D eigenvalue weighted by molar-refractivity contribution is 6.24. The third-order valence-corrected chi connectivity index (χ3v) is 6.16. The molecule has 0 radical (unpaired) electrons. The predicted molar refractivity (Wildman–Crippen MR) is 85.5 cm³/mol.